The third kappa shape index (κ3) is 4.38. The number of halogens is 2. The molecule has 1 aromatic carbocycles. The van der Waals surface area contributed by atoms with E-state index >= 15 is 0 Å². The Labute approximate surface area is 107 Å². The summed E-state index contributed by atoms with van der Waals surface area (Å²) < 4.78 is 6.05. The van der Waals surface area contributed by atoms with Gasteiger partial charge in [0, 0.05) is 11.0 Å². The van der Waals surface area contributed by atoms with Crippen LogP contribution in [0.15, 0.2) is 22.7 Å². The molecule has 0 spiro atoms. The lowest BCUT2D eigenvalue weighted by atomic mass is 10.3. The molecule has 16 heavy (non-hydrogen) atoms. The molecule has 0 aliphatic heterocycles. The third-order valence-corrected chi connectivity index (χ3v) is 2.48. The monoisotopic (exact) mass is 307 g/mol. The number of carbonyl (C=O) groups is 1. The second kappa shape index (κ2) is 6.73. The molecule has 0 unspecified atom stereocenters. The van der Waals surface area contributed by atoms with Gasteiger partial charge in [0.2, 0.25) is 0 Å². The summed E-state index contributed by atoms with van der Waals surface area (Å²) in [5.41, 5.74) is 0. The first-order chi connectivity index (χ1) is 7.63. The molecule has 1 aromatic rings. The van der Waals surface area contributed by atoms with Crippen LogP contribution in [0.5, 0.6) is 5.75 Å². The SMILES string of the molecule is O=C(COc1ccc(Br)cc1Cl)NCCO. The van der Waals surface area contributed by atoms with Crippen LogP contribution in [0.4, 0.5) is 0 Å². The molecule has 4 nitrogen and oxygen atoms in total. The molecule has 0 saturated carbocycles. The summed E-state index contributed by atoms with van der Waals surface area (Å²) in [6.45, 7) is 0.00238. The zero-order chi connectivity index (χ0) is 12.0. The number of aliphatic hydroxyl groups is 1. The van der Waals surface area contributed by atoms with Gasteiger partial charge in [-0.3, -0.25) is 4.79 Å². The topological polar surface area (TPSA) is 58.6 Å². The Morgan fingerprint density at radius 2 is 2.31 bits per heavy atom. The fourth-order valence-corrected chi connectivity index (χ4v) is 1.71. The molecule has 0 aliphatic rings. The van der Waals surface area contributed by atoms with Crippen molar-refractivity contribution in [1.82, 2.24) is 5.32 Å². The minimum Gasteiger partial charge on any atom is -0.482 e. The number of amides is 1. The summed E-state index contributed by atoms with van der Waals surface area (Å²) in [6.07, 6.45) is 0. The van der Waals surface area contributed by atoms with Crippen LogP contribution in [-0.2, 0) is 4.79 Å². The number of hydrogen-bond donors (Lipinski definition) is 2. The molecule has 1 amide bonds. The third-order valence-electron chi connectivity index (χ3n) is 1.69. The van der Waals surface area contributed by atoms with Gasteiger partial charge in [0.15, 0.2) is 6.61 Å². The second-order valence-corrected chi connectivity index (χ2v) is 4.26. The van der Waals surface area contributed by atoms with Gasteiger partial charge in [0.1, 0.15) is 5.75 Å². The van der Waals surface area contributed by atoms with Crippen molar-refractivity contribution >= 4 is 33.4 Å². The summed E-state index contributed by atoms with van der Waals surface area (Å²) in [5.74, 6) is 0.150. The predicted octanol–water partition coefficient (Wildman–Crippen LogP) is 1.59. The smallest absolute Gasteiger partial charge is 0.258 e. The van der Waals surface area contributed by atoms with Gasteiger partial charge in [-0.25, -0.2) is 0 Å². The van der Waals surface area contributed by atoms with Gasteiger partial charge in [-0.15, -0.1) is 0 Å². The van der Waals surface area contributed by atoms with Crippen molar-refractivity contribution in [1.29, 1.82) is 0 Å². The van der Waals surface area contributed by atoms with Crippen LogP contribution in [0.3, 0.4) is 0 Å². The Kier molecular flexibility index (Phi) is 5.59. The van der Waals surface area contributed by atoms with E-state index in [4.69, 9.17) is 21.4 Å². The maximum absolute atomic E-state index is 11.2. The molecule has 0 heterocycles. The van der Waals surface area contributed by atoms with E-state index in [0.717, 1.165) is 4.47 Å². The lowest BCUT2D eigenvalue weighted by Gasteiger charge is -2.08. The zero-order valence-electron chi connectivity index (χ0n) is 8.37. The van der Waals surface area contributed by atoms with E-state index in [1.54, 1.807) is 18.2 Å². The number of carbonyl (C=O) groups excluding carboxylic acids is 1. The first-order valence-electron chi connectivity index (χ1n) is 4.59. The molecule has 0 saturated heterocycles. The van der Waals surface area contributed by atoms with Crippen molar-refractivity contribution in [3.05, 3.63) is 27.7 Å². The maximum atomic E-state index is 11.2. The molecule has 88 valence electrons. The highest BCUT2D eigenvalue weighted by atomic mass is 79.9. The molecule has 0 aromatic heterocycles. The molecule has 2 N–H and O–H groups in total. The average molecular weight is 309 g/mol. The minimum atomic E-state index is -0.298. The van der Waals surface area contributed by atoms with E-state index in [0.29, 0.717) is 10.8 Å². The lowest BCUT2D eigenvalue weighted by molar-refractivity contribution is -0.123. The van der Waals surface area contributed by atoms with Gasteiger partial charge in [-0.2, -0.15) is 0 Å². The quantitative estimate of drug-likeness (QED) is 0.868. The molecular formula is C10H11BrClNO3. The Bertz CT molecular complexity index is 373. The molecule has 1 rings (SSSR count). The highest BCUT2D eigenvalue weighted by Gasteiger charge is 2.05. The van der Waals surface area contributed by atoms with Crippen molar-refractivity contribution < 1.29 is 14.6 Å². The van der Waals surface area contributed by atoms with E-state index in [9.17, 15) is 4.79 Å². The predicted molar refractivity (Wildman–Crippen MR) is 64.7 cm³/mol. The molecule has 0 bridgehead atoms. The molecule has 6 heteroatoms. The minimum absolute atomic E-state index is 0.0925. The van der Waals surface area contributed by atoms with Crippen molar-refractivity contribution in [2.24, 2.45) is 0 Å². The van der Waals surface area contributed by atoms with Gasteiger partial charge in [0.25, 0.3) is 5.91 Å². The van der Waals surface area contributed by atoms with Crippen molar-refractivity contribution in [2.75, 3.05) is 19.8 Å². The Hall–Kier alpha value is -0.780. The van der Waals surface area contributed by atoms with Crippen LogP contribution < -0.4 is 10.1 Å². The second-order valence-electron chi connectivity index (χ2n) is 2.94. The maximum Gasteiger partial charge on any atom is 0.258 e. The number of aliphatic hydroxyl groups excluding tert-OH is 1. The summed E-state index contributed by atoms with van der Waals surface area (Å²) >= 11 is 9.15. The Morgan fingerprint density at radius 1 is 1.56 bits per heavy atom. The average Bonchev–Trinajstić information content (AvgIpc) is 2.25. The first kappa shape index (κ1) is 13.3. The Balaban J connectivity index is 2.45. The largest absolute Gasteiger partial charge is 0.482 e. The van der Waals surface area contributed by atoms with E-state index < -0.39 is 0 Å². The number of rotatable bonds is 5. The fourth-order valence-electron chi connectivity index (χ4n) is 0.982. The lowest BCUT2D eigenvalue weighted by Crippen LogP contribution is -2.31. The van der Waals surface area contributed by atoms with E-state index in [1.807, 2.05) is 0 Å². The van der Waals surface area contributed by atoms with Crippen molar-refractivity contribution in [3.8, 4) is 5.75 Å². The van der Waals surface area contributed by atoms with Gasteiger partial charge in [-0.05, 0) is 18.2 Å². The number of ether oxygens (including phenoxy) is 1. The number of nitrogens with one attached hydrogen (secondary N) is 1. The fraction of sp³-hybridized carbons (Fsp3) is 0.300. The highest BCUT2D eigenvalue weighted by Crippen LogP contribution is 2.27. The summed E-state index contributed by atoms with van der Waals surface area (Å²) in [7, 11) is 0. The van der Waals surface area contributed by atoms with E-state index in [-0.39, 0.29) is 25.7 Å². The summed E-state index contributed by atoms with van der Waals surface area (Å²) in [6, 6.07) is 5.13. The van der Waals surface area contributed by atoms with Crippen LogP contribution in [0, 0.1) is 0 Å². The standard InChI is InChI=1S/C10H11BrClNO3/c11-7-1-2-9(8(12)5-7)16-6-10(15)13-3-4-14/h1-2,5,14H,3-4,6H2,(H,13,15). The molecular weight excluding hydrogens is 297 g/mol. The van der Waals surface area contributed by atoms with Crippen molar-refractivity contribution in [3.63, 3.8) is 0 Å². The van der Waals surface area contributed by atoms with Crippen LogP contribution in [0.2, 0.25) is 5.02 Å². The van der Waals surface area contributed by atoms with Crippen molar-refractivity contribution in [2.45, 2.75) is 0 Å². The molecule has 0 atom stereocenters. The normalized spacial score (nSPS) is 9.94. The summed E-state index contributed by atoms with van der Waals surface area (Å²) in [5, 5.41) is 11.4. The Morgan fingerprint density at radius 3 is 2.94 bits per heavy atom. The van der Waals surface area contributed by atoms with E-state index in [2.05, 4.69) is 21.2 Å². The van der Waals surface area contributed by atoms with Gasteiger partial charge in [0.05, 0.1) is 11.6 Å². The van der Waals surface area contributed by atoms with Crippen LogP contribution in [0.1, 0.15) is 0 Å². The highest BCUT2D eigenvalue weighted by molar-refractivity contribution is 9.10. The van der Waals surface area contributed by atoms with E-state index in [1.165, 1.54) is 0 Å². The van der Waals surface area contributed by atoms with Gasteiger partial charge < -0.3 is 15.2 Å². The molecule has 0 fully saturated rings. The molecule has 0 aliphatic carbocycles. The van der Waals surface area contributed by atoms with Crippen LogP contribution in [0.25, 0.3) is 0 Å². The van der Waals surface area contributed by atoms with Crippen LogP contribution in [-0.4, -0.2) is 30.8 Å². The first-order valence-corrected chi connectivity index (χ1v) is 5.76. The number of benzene rings is 1. The summed E-state index contributed by atoms with van der Waals surface area (Å²) in [4.78, 5) is 11.2. The zero-order valence-corrected chi connectivity index (χ0v) is 10.7. The molecule has 0 radical (unpaired) electrons. The van der Waals surface area contributed by atoms with Gasteiger partial charge >= 0.3 is 0 Å². The van der Waals surface area contributed by atoms with Crippen LogP contribution >= 0.6 is 27.5 Å². The van der Waals surface area contributed by atoms with Gasteiger partial charge in [-0.1, -0.05) is 27.5 Å². The number of hydrogen-bond acceptors (Lipinski definition) is 3.